The lowest BCUT2D eigenvalue weighted by Gasteiger charge is -2.03. The number of hydrogen-bond acceptors (Lipinski definition) is 3. The predicted molar refractivity (Wildman–Crippen MR) is 82.4 cm³/mol. The summed E-state index contributed by atoms with van der Waals surface area (Å²) in [6, 6.07) is 1.87. The van der Waals surface area contributed by atoms with E-state index < -0.39 is 0 Å². The van der Waals surface area contributed by atoms with Crippen LogP contribution in [-0.2, 0) is 0 Å². The molecule has 0 saturated heterocycles. The zero-order valence-electron chi connectivity index (χ0n) is 12.2. The molecule has 108 valence electrons. The second-order valence-electron chi connectivity index (χ2n) is 4.97. The lowest BCUT2D eigenvalue weighted by molar-refractivity contribution is 0.0980. The van der Waals surface area contributed by atoms with Crippen LogP contribution in [0.25, 0.3) is 0 Å². The van der Waals surface area contributed by atoms with Gasteiger partial charge in [-0.15, -0.1) is 11.3 Å². The van der Waals surface area contributed by atoms with Crippen LogP contribution >= 0.6 is 11.3 Å². The summed E-state index contributed by atoms with van der Waals surface area (Å²) in [6.45, 7) is 2.24. The van der Waals surface area contributed by atoms with Crippen molar-refractivity contribution in [3.8, 4) is 5.75 Å². The molecule has 0 bridgehead atoms. The van der Waals surface area contributed by atoms with Crippen LogP contribution in [0.4, 0.5) is 0 Å². The highest BCUT2D eigenvalue weighted by Crippen LogP contribution is 2.26. The molecule has 0 radical (unpaired) electrons. The summed E-state index contributed by atoms with van der Waals surface area (Å²) >= 11 is 1.49. The van der Waals surface area contributed by atoms with Gasteiger partial charge in [0.25, 0.3) is 0 Å². The first-order valence-corrected chi connectivity index (χ1v) is 8.32. The minimum atomic E-state index is 0.234. The number of ether oxygens (including phenoxy) is 1. The molecule has 0 N–H and O–H groups in total. The number of thiophene rings is 1. The number of hydrogen-bond donors (Lipinski definition) is 0. The Balaban J connectivity index is 2.08. The van der Waals surface area contributed by atoms with Crippen molar-refractivity contribution < 1.29 is 9.53 Å². The van der Waals surface area contributed by atoms with Crippen molar-refractivity contribution in [3.05, 3.63) is 16.3 Å². The number of ketones is 1. The Morgan fingerprint density at radius 1 is 1.11 bits per heavy atom. The standard InChI is InChI=1S/C16H26O2S/c1-3-4-5-6-7-8-9-10-11-14(17)16-15(18-2)12-13-19-16/h12-13H,3-11H2,1-2H3. The number of carbonyl (C=O) groups is 1. The van der Waals surface area contributed by atoms with Crippen molar-refractivity contribution in [1.82, 2.24) is 0 Å². The Morgan fingerprint density at radius 2 is 1.74 bits per heavy atom. The van der Waals surface area contributed by atoms with E-state index in [-0.39, 0.29) is 5.78 Å². The van der Waals surface area contributed by atoms with E-state index in [1.165, 1.54) is 56.3 Å². The maximum atomic E-state index is 12.0. The van der Waals surface area contributed by atoms with Gasteiger partial charge in [0.15, 0.2) is 5.78 Å². The van der Waals surface area contributed by atoms with E-state index in [1.807, 2.05) is 11.4 Å². The number of methoxy groups -OCH3 is 1. The van der Waals surface area contributed by atoms with Crippen molar-refractivity contribution in [3.63, 3.8) is 0 Å². The van der Waals surface area contributed by atoms with E-state index in [0.717, 1.165) is 17.0 Å². The summed E-state index contributed by atoms with van der Waals surface area (Å²) in [4.78, 5) is 12.8. The Labute approximate surface area is 121 Å². The fourth-order valence-electron chi connectivity index (χ4n) is 2.19. The molecule has 0 aliphatic carbocycles. The lowest BCUT2D eigenvalue weighted by atomic mass is 10.1. The van der Waals surface area contributed by atoms with Crippen molar-refractivity contribution in [2.75, 3.05) is 7.11 Å². The third-order valence-electron chi connectivity index (χ3n) is 3.36. The van der Waals surface area contributed by atoms with Crippen molar-refractivity contribution in [2.24, 2.45) is 0 Å². The second-order valence-corrected chi connectivity index (χ2v) is 5.88. The normalized spacial score (nSPS) is 10.6. The van der Waals surface area contributed by atoms with Gasteiger partial charge in [-0.25, -0.2) is 0 Å². The molecule has 0 atom stereocenters. The summed E-state index contributed by atoms with van der Waals surface area (Å²) in [6.07, 6.45) is 10.8. The van der Waals surface area contributed by atoms with Crippen molar-refractivity contribution in [2.45, 2.75) is 64.7 Å². The molecule has 0 aliphatic rings. The molecule has 0 unspecified atom stereocenters. The highest BCUT2D eigenvalue weighted by Gasteiger charge is 2.12. The first-order chi connectivity index (χ1) is 9.29. The monoisotopic (exact) mass is 282 g/mol. The topological polar surface area (TPSA) is 26.3 Å². The van der Waals surface area contributed by atoms with E-state index in [4.69, 9.17) is 4.74 Å². The van der Waals surface area contributed by atoms with Crippen LogP contribution in [0.1, 0.15) is 74.4 Å². The molecular weight excluding hydrogens is 256 g/mol. The molecule has 1 aromatic heterocycles. The molecule has 19 heavy (non-hydrogen) atoms. The molecule has 1 aromatic rings. The first kappa shape index (κ1) is 16.2. The van der Waals surface area contributed by atoms with Gasteiger partial charge in [0.1, 0.15) is 10.6 Å². The molecular formula is C16H26O2S. The van der Waals surface area contributed by atoms with Gasteiger partial charge in [0.05, 0.1) is 7.11 Å². The Bertz CT molecular complexity index is 357. The lowest BCUT2D eigenvalue weighted by Crippen LogP contribution is -1.98. The maximum Gasteiger partial charge on any atom is 0.176 e. The molecule has 0 aliphatic heterocycles. The van der Waals surface area contributed by atoms with E-state index in [2.05, 4.69) is 6.92 Å². The number of rotatable bonds is 11. The van der Waals surface area contributed by atoms with Crippen molar-refractivity contribution >= 4 is 17.1 Å². The summed E-state index contributed by atoms with van der Waals surface area (Å²) in [5, 5.41) is 1.92. The summed E-state index contributed by atoms with van der Waals surface area (Å²) in [5.41, 5.74) is 0. The van der Waals surface area contributed by atoms with Gasteiger partial charge in [-0.05, 0) is 17.9 Å². The number of unbranched alkanes of at least 4 members (excludes halogenated alkanes) is 7. The smallest absolute Gasteiger partial charge is 0.176 e. The first-order valence-electron chi connectivity index (χ1n) is 7.44. The van der Waals surface area contributed by atoms with Gasteiger partial charge in [-0.3, -0.25) is 4.79 Å². The van der Waals surface area contributed by atoms with Gasteiger partial charge in [-0.1, -0.05) is 51.9 Å². The van der Waals surface area contributed by atoms with Crippen LogP contribution in [0.5, 0.6) is 5.75 Å². The highest BCUT2D eigenvalue weighted by atomic mass is 32.1. The van der Waals surface area contributed by atoms with Gasteiger partial charge >= 0.3 is 0 Å². The molecule has 2 nitrogen and oxygen atoms in total. The Hall–Kier alpha value is -0.830. The van der Waals surface area contributed by atoms with Crippen molar-refractivity contribution in [1.29, 1.82) is 0 Å². The molecule has 0 amide bonds. The average Bonchev–Trinajstić information content (AvgIpc) is 2.90. The van der Waals surface area contributed by atoms with E-state index >= 15 is 0 Å². The van der Waals surface area contributed by atoms with Crippen LogP contribution in [-0.4, -0.2) is 12.9 Å². The van der Waals surface area contributed by atoms with Crippen LogP contribution in [0.3, 0.4) is 0 Å². The molecule has 1 rings (SSSR count). The summed E-state index contributed by atoms with van der Waals surface area (Å²) in [5.74, 6) is 0.965. The molecule has 0 saturated carbocycles. The third-order valence-corrected chi connectivity index (χ3v) is 4.30. The minimum Gasteiger partial charge on any atom is -0.495 e. The van der Waals surface area contributed by atoms with E-state index in [1.54, 1.807) is 7.11 Å². The van der Waals surface area contributed by atoms with Crippen LogP contribution in [0.15, 0.2) is 11.4 Å². The molecule has 3 heteroatoms. The molecule has 0 spiro atoms. The summed E-state index contributed by atoms with van der Waals surface area (Å²) in [7, 11) is 1.62. The maximum absolute atomic E-state index is 12.0. The second kappa shape index (κ2) is 10.0. The zero-order valence-corrected chi connectivity index (χ0v) is 13.1. The zero-order chi connectivity index (χ0) is 13.9. The quantitative estimate of drug-likeness (QED) is 0.397. The van der Waals surface area contributed by atoms with Gasteiger partial charge in [-0.2, -0.15) is 0 Å². The Kier molecular flexibility index (Phi) is 8.55. The summed E-state index contributed by atoms with van der Waals surface area (Å²) < 4.78 is 5.18. The van der Waals surface area contributed by atoms with Crippen LogP contribution < -0.4 is 4.74 Å². The van der Waals surface area contributed by atoms with Crippen LogP contribution in [0, 0.1) is 0 Å². The average molecular weight is 282 g/mol. The molecule has 1 heterocycles. The van der Waals surface area contributed by atoms with Gasteiger partial charge < -0.3 is 4.74 Å². The largest absolute Gasteiger partial charge is 0.495 e. The number of Topliss-reactive ketones (excluding diaryl/α,β-unsaturated/α-hetero) is 1. The molecule has 0 fully saturated rings. The number of carbonyl (C=O) groups excluding carboxylic acids is 1. The third kappa shape index (κ3) is 6.24. The minimum absolute atomic E-state index is 0.234. The van der Waals surface area contributed by atoms with E-state index in [9.17, 15) is 4.79 Å². The Morgan fingerprint density at radius 3 is 2.37 bits per heavy atom. The van der Waals surface area contributed by atoms with Gasteiger partial charge in [0, 0.05) is 6.42 Å². The van der Waals surface area contributed by atoms with Gasteiger partial charge in [0.2, 0.25) is 0 Å². The predicted octanol–water partition coefficient (Wildman–Crippen LogP) is 5.47. The SMILES string of the molecule is CCCCCCCCCCC(=O)c1sccc1OC. The molecule has 0 aromatic carbocycles. The van der Waals surface area contributed by atoms with E-state index in [0.29, 0.717) is 6.42 Å². The van der Waals surface area contributed by atoms with Crippen LogP contribution in [0.2, 0.25) is 0 Å². The highest BCUT2D eigenvalue weighted by molar-refractivity contribution is 7.12. The fourth-order valence-corrected chi connectivity index (χ4v) is 3.02. The fraction of sp³-hybridized carbons (Fsp3) is 0.688.